The summed E-state index contributed by atoms with van der Waals surface area (Å²) in [6.07, 6.45) is 0.503. The Bertz CT molecular complexity index is 445. The van der Waals surface area contributed by atoms with Gasteiger partial charge in [-0.05, 0) is 30.9 Å². The van der Waals surface area contributed by atoms with Crippen molar-refractivity contribution in [3.63, 3.8) is 0 Å². The van der Waals surface area contributed by atoms with E-state index in [1.165, 1.54) is 14.2 Å². The van der Waals surface area contributed by atoms with E-state index in [1.807, 2.05) is 31.2 Å². The van der Waals surface area contributed by atoms with Gasteiger partial charge in [-0.1, -0.05) is 24.3 Å². The Kier molecular flexibility index (Phi) is 5.85. The van der Waals surface area contributed by atoms with E-state index in [1.54, 1.807) is 0 Å². The van der Waals surface area contributed by atoms with E-state index in [4.69, 9.17) is 0 Å². The summed E-state index contributed by atoms with van der Waals surface area (Å²) in [4.78, 5) is 22.8. The number of ether oxygens (including phenoxy) is 2. The van der Waals surface area contributed by atoms with Crippen molar-refractivity contribution in [2.24, 2.45) is 0 Å². The fourth-order valence-corrected chi connectivity index (χ4v) is 1.78. The average Bonchev–Trinajstić information content (AvgIpc) is 2.43. The summed E-state index contributed by atoms with van der Waals surface area (Å²) in [5.74, 6) is -0.473. The maximum Gasteiger partial charge on any atom is 0.407 e. The zero-order chi connectivity index (χ0) is 14.3. The predicted octanol–water partition coefficient (Wildman–Crippen LogP) is 1.83. The van der Waals surface area contributed by atoms with E-state index in [2.05, 4.69) is 14.8 Å². The number of amides is 1. The first kappa shape index (κ1) is 15.0. The summed E-state index contributed by atoms with van der Waals surface area (Å²) in [6.45, 7) is 2.01. The average molecular weight is 265 g/mol. The third-order valence-corrected chi connectivity index (χ3v) is 2.93. The van der Waals surface area contributed by atoms with Gasteiger partial charge in [-0.15, -0.1) is 0 Å². The zero-order valence-electron chi connectivity index (χ0n) is 11.4. The standard InChI is InChI=1S/C14H19NO4/c1-10-6-4-5-7-11(10)8-9-12(13(16)18-2)15-14(17)19-3/h4-7,12H,8-9H2,1-3H3,(H,15,17). The molecule has 1 atom stereocenters. The Labute approximate surface area is 112 Å². The maximum atomic E-state index is 11.6. The molecule has 0 aromatic heterocycles. The van der Waals surface area contributed by atoms with Gasteiger partial charge in [-0.25, -0.2) is 9.59 Å². The highest BCUT2D eigenvalue weighted by molar-refractivity contribution is 5.81. The van der Waals surface area contributed by atoms with Gasteiger partial charge in [0.2, 0.25) is 0 Å². The summed E-state index contributed by atoms with van der Waals surface area (Å²) < 4.78 is 9.16. The predicted molar refractivity (Wildman–Crippen MR) is 70.8 cm³/mol. The lowest BCUT2D eigenvalue weighted by atomic mass is 10.0. The van der Waals surface area contributed by atoms with Crippen LogP contribution in [0.25, 0.3) is 0 Å². The molecule has 0 saturated heterocycles. The molecule has 1 unspecified atom stereocenters. The fraction of sp³-hybridized carbons (Fsp3) is 0.429. The molecule has 0 spiro atoms. The molecule has 0 aliphatic carbocycles. The molecule has 1 aromatic carbocycles. The van der Waals surface area contributed by atoms with Crippen LogP contribution in [-0.2, 0) is 20.7 Å². The van der Waals surface area contributed by atoms with Crippen LogP contribution in [0.4, 0.5) is 4.79 Å². The lowest BCUT2D eigenvalue weighted by Gasteiger charge is -2.16. The Morgan fingerprint density at radius 1 is 1.21 bits per heavy atom. The first-order valence-corrected chi connectivity index (χ1v) is 6.05. The third-order valence-electron chi connectivity index (χ3n) is 2.93. The lowest BCUT2D eigenvalue weighted by Crippen LogP contribution is -2.41. The number of alkyl carbamates (subject to hydrolysis) is 1. The minimum absolute atomic E-state index is 0.465. The van der Waals surface area contributed by atoms with Crippen molar-refractivity contribution in [3.8, 4) is 0 Å². The van der Waals surface area contributed by atoms with Crippen LogP contribution >= 0.6 is 0 Å². The quantitative estimate of drug-likeness (QED) is 0.825. The monoisotopic (exact) mass is 265 g/mol. The Hall–Kier alpha value is -2.04. The van der Waals surface area contributed by atoms with E-state index < -0.39 is 18.1 Å². The van der Waals surface area contributed by atoms with Crippen molar-refractivity contribution in [2.75, 3.05) is 14.2 Å². The van der Waals surface area contributed by atoms with Gasteiger partial charge in [0.25, 0.3) is 0 Å². The highest BCUT2D eigenvalue weighted by Gasteiger charge is 2.21. The van der Waals surface area contributed by atoms with Crippen LogP contribution in [0.15, 0.2) is 24.3 Å². The topological polar surface area (TPSA) is 64.6 Å². The summed E-state index contributed by atoms with van der Waals surface area (Å²) in [7, 11) is 2.55. The molecule has 0 radical (unpaired) electrons. The molecule has 5 heteroatoms. The van der Waals surface area contributed by atoms with Crippen molar-refractivity contribution >= 4 is 12.1 Å². The van der Waals surface area contributed by atoms with Gasteiger partial charge in [0.05, 0.1) is 14.2 Å². The normalized spacial score (nSPS) is 11.5. The number of benzene rings is 1. The molecule has 1 rings (SSSR count). The lowest BCUT2D eigenvalue weighted by molar-refractivity contribution is -0.143. The van der Waals surface area contributed by atoms with Gasteiger partial charge in [-0.3, -0.25) is 0 Å². The summed E-state index contributed by atoms with van der Waals surface area (Å²) in [6, 6.07) is 7.22. The summed E-state index contributed by atoms with van der Waals surface area (Å²) >= 11 is 0. The Morgan fingerprint density at radius 2 is 1.89 bits per heavy atom. The van der Waals surface area contributed by atoms with Crippen LogP contribution in [-0.4, -0.2) is 32.3 Å². The van der Waals surface area contributed by atoms with Crippen LogP contribution in [0.5, 0.6) is 0 Å². The molecule has 19 heavy (non-hydrogen) atoms. The molecule has 0 aliphatic rings. The number of aryl methyl sites for hydroxylation is 2. The van der Waals surface area contributed by atoms with E-state index in [9.17, 15) is 9.59 Å². The van der Waals surface area contributed by atoms with Crippen LogP contribution in [0.2, 0.25) is 0 Å². The fourth-order valence-electron chi connectivity index (χ4n) is 1.78. The highest BCUT2D eigenvalue weighted by atomic mass is 16.5. The minimum atomic E-state index is -0.697. The van der Waals surface area contributed by atoms with E-state index >= 15 is 0 Å². The molecular formula is C14H19NO4. The maximum absolute atomic E-state index is 11.6. The first-order valence-electron chi connectivity index (χ1n) is 6.05. The molecule has 1 amide bonds. The molecule has 0 aliphatic heterocycles. The van der Waals surface area contributed by atoms with E-state index in [0.29, 0.717) is 12.8 Å². The van der Waals surface area contributed by atoms with Gasteiger partial charge in [0.15, 0.2) is 0 Å². The van der Waals surface area contributed by atoms with E-state index in [-0.39, 0.29) is 0 Å². The van der Waals surface area contributed by atoms with Crippen molar-refractivity contribution < 1.29 is 19.1 Å². The third kappa shape index (κ3) is 4.62. The molecule has 104 valence electrons. The van der Waals surface area contributed by atoms with Crippen LogP contribution < -0.4 is 5.32 Å². The van der Waals surface area contributed by atoms with Gasteiger partial charge >= 0.3 is 12.1 Å². The number of rotatable bonds is 5. The molecule has 1 aromatic rings. The molecule has 1 N–H and O–H groups in total. The molecule has 0 heterocycles. The number of nitrogens with one attached hydrogen (secondary N) is 1. The Balaban J connectivity index is 2.65. The largest absolute Gasteiger partial charge is 0.467 e. The van der Waals surface area contributed by atoms with Gasteiger partial charge in [0, 0.05) is 0 Å². The van der Waals surface area contributed by atoms with Gasteiger partial charge < -0.3 is 14.8 Å². The number of carbonyl (C=O) groups is 2. The van der Waals surface area contributed by atoms with Crippen molar-refractivity contribution in [1.82, 2.24) is 5.32 Å². The van der Waals surface area contributed by atoms with Gasteiger partial charge in [0.1, 0.15) is 6.04 Å². The number of carbonyl (C=O) groups excluding carboxylic acids is 2. The van der Waals surface area contributed by atoms with Gasteiger partial charge in [-0.2, -0.15) is 0 Å². The molecule has 0 bridgehead atoms. The second-order valence-corrected chi connectivity index (χ2v) is 4.18. The molecule has 0 fully saturated rings. The highest BCUT2D eigenvalue weighted by Crippen LogP contribution is 2.11. The van der Waals surface area contributed by atoms with Crippen LogP contribution in [0, 0.1) is 6.92 Å². The minimum Gasteiger partial charge on any atom is -0.467 e. The zero-order valence-corrected chi connectivity index (χ0v) is 11.4. The second-order valence-electron chi connectivity index (χ2n) is 4.18. The van der Waals surface area contributed by atoms with Crippen molar-refractivity contribution in [1.29, 1.82) is 0 Å². The van der Waals surface area contributed by atoms with Crippen molar-refractivity contribution in [2.45, 2.75) is 25.8 Å². The SMILES string of the molecule is COC(=O)NC(CCc1ccccc1C)C(=O)OC. The van der Waals surface area contributed by atoms with Crippen LogP contribution in [0.3, 0.4) is 0 Å². The summed E-state index contributed by atoms with van der Waals surface area (Å²) in [5.41, 5.74) is 2.30. The number of methoxy groups -OCH3 is 2. The molecule has 0 saturated carbocycles. The van der Waals surface area contributed by atoms with Crippen LogP contribution in [0.1, 0.15) is 17.5 Å². The smallest absolute Gasteiger partial charge is 0.407 e. The summed E-state index contributed by atoms with van der Waals surface area (Å²) in [5, 5.41) is 2.47. The Morgan fingerprint density at radius 3 is 2.47 bits per heavy atom. The first-order chi connectivity index (χ1) is 9.08. The molecule has 5 nitrogen and oxygen atoms in total. The number of hydrogen-bond donors (Lipinski definition) is 1. The van der Waals surface area contributed by atoms with Crippen molar-refractivity contribution in [3.05, 3.63) is 35.4 Å². The second kappa shape index (κ2) is 7.41. The number of hydrogen-bond acceptors (Lipinski definition) is 4. The van der Waals surface area contributed by atoms with E-state index in [0.717, 1.165) is 11.1 Å². The number of esters is 1. The molecular weight excluding hydrogens is 246 g/mol.